The van der Waals surface area contributed by atoms with Crippen molar-refractivity contribution in [3.05, 3.63) is 69.0 Å². The van der Waals surface area contributed by atoms with Crippen LogP contribution >= 0.6 is 27.3 Å². The maximum atomic E-state index is 9.58. The number of halogens is 1. The predicted molar refractivity (Wildman–Crippen MR) is 106 cm³/mol. The first kappa shape index (κ1) is 17.4. The Morgan fingerprint density at radius 2 is 2.00 bits per heavy atom. The zero-order valence-corrected chi connectivity index (χ0v) is 16.0. The fourth-order valence-electron chi connectivity index (χ4n) is 2.33. The molecule has 3 nitrogen and oxygen atoms in total. The van der Waals surface area contributed by atoms with Crippen LogP contribution in [0.2, 0.25) is 0 Å². The van der Waals surface area contributed by atoms with Crippen molar-refractivity contribution in [2.75, 3.05) is 6.61 Å². The molecule has 0 aliphatic rings. The summed E-state index contributed by atoms with van der Waals surface area (Å²) in [6, 6.07) is 17.9. The van der Waals surface area contributed by atoms with Crippen LogP contribution in [-0.2, 0) is 0 Å². The van der Waals surface area contributed by atoms with Gasteiger partial charge in [0.1, 0.15) is 16.8 Å². The van der Waals surface area contributed by atoms with Crippen molar-refractivity contribution in [1.29, 1.82) is 5.26 Å². The Morgan fingerprint density at radius 1 is 1.24 bits per heavy atom. The second kappa shape index (κ2) is 8.11. The highest BCUT2D eigenvalue weighted by Crippen LogP contribution is 2.29. The number of hydrogen-bond donors (Lipinski definition) is 0. The van der Waals surface area contributed by atoms with Gasteiger partial charge in [-0.1, -0.05) is 46.3 Å². The van der Waals surface area contributed by atoms with E-state index in [2.05, 4.69) is 27.0 Å². The predicted octanol–water partition coefficient (Wildman–Crippen LogP) is 6.04. The smallest absolute Gasteiger partial charge is 0.134 e. The molecule has 0 saturated heterocycles. The van der Waals surface area contributed by atoms with Gasteiger partial charge in [-0.3, -0.25) is 0 Å². The number of thiazole rings is 1. The van der Waals surface area contributed by atoms with Crippen LogP contribution < -0.4 is 4.74 Å². The fourth-order valence-corrected chi connectivity index (χ4v) is 3.39. The molecule has 3 aromatic rings. The van der Waals surface area contributed by atoms with Gasteiger partial charge in [-0.05, 0) is 31.2 Å². The molecule has 0 atom stereocenters. The minimum absolute atomic E-state index is 0.528. The summed E-state index contributed by atoms with van der Waals surface area (Å²) in [7, 11) is 0. The molecule has 5 heteroatoms. The lowest BCUT2D eigenvalue weighted by molar-refractivity contribution is 0.339. The van der Waals surface area contributed by atoms with E-state index >= 15 is 0 Å². The third kappa shape index (κ3) is 4.16. The van der Waals surface area contributed by atoms with Crippen LogP contribution in [0, 0.1) is 11.3 Å². The molecular formula is C20H15BrN2OS. The lowest BCUT2D eigenvalue weighted by Crippen LogP contribution is -1.93. The Balaban J connectivity index is 1.95. The summed E-state index contributed by atoms with van der Waals surface area (Å²) in [4.78, 5) is 4.62. The molecule has 0 radical (unpaired) electrons. The van der Waals surface area contributed by atoms with E-state index in [1.54, 1.807) is 0 Å². The maximum absolute atomic E-state index is 9.58. The molecule has 0 unspecified atom stereocenters. The van der Waals surface area contributed by atoms with Crippen LogP contribution in [0.4, 0.5) is 0 Å². The third-order valence-corrected chi connectivity index (χ3v) is 4.92. The van der Waals surface area contributed by atoms with Gasteiger partial charge in [0.05, 0.1) is 17.9 Å². The second-order valence-corrected chi connectivity index (χ2v) is 6.96. The minimum atomic E-state index is 0.528. The summed E-state index contributed by atoms with van der Waals surface area (Å²) < 4.78 is 6.65. The van der Waals surface area contributed by atoms with Gasteiger partial charge in [0.25, 0.3) is 0 Å². The maximum Gasteiger partial charge on any atom is 0.134 e. The Hall–Kier alpha value is -2.42. The van der Waals surface area contributed by atoms with Gasteiger partial charge in [0, 0.05) is 21.0 Å². The first-order chi connectivity index (χ1) is 12.2. The van der Waals surface area contributed by atoms with Crippen molar-refractivity contribution in [1.82, 2.24) is 4.98 Å². The van der Waals surface area contributed by atoms with Crippen molar-refractivity contribution >= 4 is 38.9 Å². The van der Waals surface area contributed by atoms with Crippen molar-refractivity contribution < 1.29 is 4.74 Å². The number of aromatic nitrogens is 1. The first-order valence-electron chi connectivity index (χ1n) is 7.76. The fraction of sp³-hybridized carbons (Fsp3) is 0.100. The molecule has 0 aliphatic heterocycles. The minimum Gasteiger partial charge on any atom is -0.493 e. The van der Waals surface area contributed by atoms with E-state index < -0.39 is 0 Å². The average molecular weight is 411 g/mol. The highest BCUT2D eigenvalue weighted by molar-refractivity contribution is 9.10. The van der Waals surface area contributed by atoms with Crippen LogP contribution in [0.1, 0.15) is 17.5 Å². The normalized spacial score (nSPS) is 11.2. The quantitative estimate of drug-likeness (QED) is 0.481. The molecule has 3 rings (SSSR count). The number of benzene rings is 2. The number of allylic oxidation sites excluding steroid dienone is 1. The number of ether oxygens (including phenoxy) is 1. The Kier molecular flexibility index (Phi) is 5.64. The van der Waals surface area contributed by atoms with E-state index in [0.29, 0.717) is 17.2 Å². The second-order valence-electron chi connectivity index (χ2n) is 5.19. The molecule has 0 amide bonds. The van der Waals surface area contributed by atoms with Crippen LogP contribution in [-0.4, -0.2) is 11.6 Å². The summed E-state index contributed by atoms with van der Waals surface area (Å²) in [5.74, 6) is 0.766. The SMILES string of the molecule is CCOc1ccccc1C=C(C#N)c1nc(-c2ccc(Br)cc2)cs1. The zero-order valence-electron chi connectivity index (χ0n) is 13.6. The molecular weight excluding hydrogens is 396 g/mol. The van der Waals surface area contributed by atoms with E-state index in [-0.39, 0.29) is 0 Å². The van der Waals surface area contributed by atoms with Gasteiger partial charge >= 0.3 is 0 Å². The van der Waals surface area contributed by atoms with Crippen LogP contribution in [0.5, 0.6) is 5.75 Å². The van der Waals surface area contributed by atoms with Crippen LogP contribution in [0.3, 0.4) is 0 Å². The van der Waals surface area contributed by atoms with Gasteiger partial charge in [0.15, 0.2) is 0 Å². The van der Waals surface area contributed by atoms with E-state index in [1.165, 1.54) is 11.3 Å². The molecule has 0 saturated carbocycles. The lowest BCUT2D eigenvalue weighted by atomic mass is 10.1. The Bertz CT molecular complexity index is 939. The summed E-state index contributed by atoms with van der Waals surface area (Å²) in [6.45, 7) is 2.52. The molecule has 0 spiro atoms. The van der Waals surface area contributed by atoms with Gasteiger partial charge in [-0.15, -0.1) is 11.3 Å². The van der Waals surface area contributed by atoms with Gasteiger partial charge in [0.2, 0.25) is 0 Å². The number of nitriles is 1. The van der Waals surface area contributed by atoms with E-state index in [4.69, 9.17) is 4.74 Å². The third-order valence-electron chi connectivity index (χ3n) is 3.51. The average Bonchev–Trinajstić information content (AvgIpc) is 3.11. The Labute approximate surface area is 159 Å². The monoisotopic (exact) mass is 410 g/mol. The molecule has 1 aromatic heterocycles. The first-order valence-corrected chi connectivity index (χ1v) is 9.44. The van der Waals surface area contributed by atoms with Gasteiger partial charge in [-0.25, -0.2) is 4.98 Å². The number of para-hydroxylation sites is 1. The molecule has 1 heterocycles. The molecule has 2 aromatic carbocycles. The Morgan fingerprint density at radius 3 is 2.72 bits per heavy atom. The molecule has 0 fully saturated rings. The van der Waals surface area contributed by atoms with E-state index in [0.717, 1.165) is 27.0 Å². The van der Waals surface area contributed by atoms with E-state index in [1.807, 2.05) is 66.9 Å². The highest BCUT2D eigenvalue weighted by atomic mass is 79.9. The molecule has 0 bridgehead atoms. The summed E-state index contributed by atoms with van der Waals surface area (Å²) in [6.07, 6.45) is 1.83. The number of nitrogens with zero attached hydrogens (tertiary/aromatic N) is 2. The standard InChI is InChI=1S/C20H15BrN2OS/c1-2-24-19-6-4-3-5-15(19)11-16(12-22)20-23-18(13-25-20)14-7-9-17(21)10-8-14/h3-11,13H,2H2,1H3. The van der Waals surface area contributed by atoms with Gasteiger partial charge < -0.3 is 4.74 Å². The van der Waals surface area contributed by atoms with Gasteiger partial charge in [-0.2, -0.15) is 5.26 Å². The summed E-state index contributed by atoms with van der Waals surface area (Å²) >= 11 is 4.90. The topological polar surface area (TPSA) is 45.9 Å². The summed E-state index contributed by atoms with van der Waals surface area (Å²) in [5, 5.41) is 12.3. The zero-order chi connectivity index (χ0) is 17.6. The van der Waals surface area contributed by atoms with Crippen LogP contribution in [0.25, 0.3) is 22.9 Å². The molecule has 0 aliphatic carbocycles. The highest BCUT2D eigenvalue weighted by Gasteiger charge is 2.10. The number of rotatable bonds is 5. The largest absolute Gasteiger partial charge is 0.493 e. The molecule has 124 valence electrons. The van der Waals surface area contributed by atoms with Crippen LogP contribution in [0.15, 0.2) is 58.4 Å². The van der Waals surface area contributed by atoms with Crippen molar-refractivity contribution in [2.24, 2.45) is 0 Å². The summed E-state index contributed by atoms with van der Waals surface area (Å²) in [5.41, 5.74) is 3.30. The van der Waals surface area contributed by atoms with E-state index in [9.17, 15) is 5.26 Å². The van der Waals surface area contributed by atoms with Crippen molar-refractivity contribution in [3.8, 4) is 23.1 Å². The number of hydrogen-bond acceptors (Lipinski definition) is 4. The van der Waals surface area contributed by atoms with Crippen molar-refractivity contribution in [3.63, 3.8) is 0 Å². The molecule has 25 heavy (non-hydrogen) atoms. The van der Waals surface area contributed by atoms with Crippen molar-refractivity contribution in [2.45, 2.75) is 6.92 Å². The molecule has 0 N–H and O–H groups in total. The lowest BCUT2D eigenvalue weighted by Gasteiger charge is -2.06.